The summed E-state index contributed by atoms with van der Waals surface area (Å²) >= 11 is 1.06. The summed E-state index contributed by atoms with van der Waals surface area (Å²) in [4.78, 5) is 11.1. The van der Waals surface area contributed by atoms with E-state index in [2.05, 4.69) is 4.37 Å². The summed E-state index contributed by atoms with van der Waals surface area (Å²) < 4.78 is 3.86. The molecule has 0 spiro atoms. The molecule has 2 N–H and O–H groups in total. The molecule has 0 aliphatic rings. The van der Waals surface area contributed by atoms with Crippen LogP contribution in [0.3, 0.4) is 0 Å². The number of nitrogens with one attached hydrogen (secondary N) is 1. The Morgan fingerprint density at radius 3 is 3.00 bits per heavy atom. The van der Waals surface area contributed by atoms with Gasteiger partial charge >= 0.3 is 0 Å². The fourth-order valence-electron chi connectivity index (χ4n) is 0.526. The minimum Gasteiger partial charge on any atom is -0.288 e. The second-order valence-electron chi connectivity index (χ2n) is 1.77. The van der Waals surface area contributed by atoms with Crippen molar-refractivity contribution in [2.24, 2.45) is 0 Å². The summed E-state index contributed by atoms with van der Waals surface area (Å²) in [7, 11) is 0. The zero-order chi connectivity index (χ0) is 7.56. The first-order valence-corrected chi connectivity index (χ1v) is 3.39. The summed E-state index contributed by atoms with van der Waals surface area (Å²) in [5.41, 5.74) is 2.31. The third-order valence-corrected chi connectivity index (χ3v) is 1.83. The molecule has 1 aromatic rings. The van der Waals surface area contributed by atoms with E-state index in [1.54, 1.807) is 13.0 Å². The van der Waals surface area contributed by atoms with Crippen LogP contribution >= 0.6 is 11.5 Å². The van der Waals surface area contributed by atoms with E-state index in [1.807, 2.05) is 0 Å². The van der Waals surface area contributed by atoms with Gasteiger partial charge in [0.05, 0.1) is 5.69 Å². The molecular weight excluding hydrogens is 152 g/mol. The van der Waals surface area contributed by atoms with Crippen LogP contribution in [-0.2, 0) is 0 Å². The van der Waals surface area contributed by atoms with E-state index in [1.165, 1.54) is 5.48 Å². The number of rotatable bonds is 1. The molecule has 1 amide bonds. The van der Waals surface area contributed by atoms with Crippen molar-refractivity contribution < 1.29 is 10.0 Å². The van der Waals surface area contributed by atoms with Gasteiger partial charge in [-0.25, -0.2) is 5.48 Å². The summed E-state index contributed by atoms with van der Waals surface area (Å²) in [6.07, 6.45) is 0. The van der Waals surface area contributed by atoms with Crippen molar-refractivity contribution in [1.29, 1.82) is 0 Å². The second-order valence-corrected chi connectivity index (χ2v) is 2.58. The summed E-state index contributed by atoms with van der Waals surface area (Å²) in [6.45, 7) is 1.78. The Labute approximate surface area is 61.6 Å². The van der Waals surface area contributed by atoms with Gasteiger partial charge in [-0.1, -0.05) is 0 Å². The Kier molecular flexibility index (Phi) is 1.98. The number of carbonyl (C=O) groups is 1. The topological polar surface area (TPSA) is 62.2 Å². The molecule has 1 aromatic heterocycles. The molecule has 0 aromatic carbocycles. The lowest BCUT2D eigenvalue weighted by molar-refractivity contribution is 0.0711. The predicted molar refractivity (Wildman–Crippen MR) is 36.1 cm³/mol. The first kappa shape index (κ1) is 7.17. The molecule has 0 fully saturated rings. The average Bonchev–Trinajstić information content (AvgIpc) is 2.34. The van der Waals surface area contributed by atoms with Gasteiger partial charge in [-0.15, -0.1) is 0 Å². The molecule has 0 radical (unpaired) electrons. The molecule has 0 atom stereocenters. The number of nitrogens with zero attached hydrogens (tertiary/aromatic N) is 1. The van der Waals surface area contributed by atoms with Crippen LogP contribution in [0.2, 0.25) is 0 Å². The fourth-order valence-corrected chi connectivity index (χ4v) is 1.17. The van der Waals surface area contributed by atoms with Crippen LogP contribution in [0.25, 0.3) is 0 Å². The standard InChI is InChI=1S/C5H6N2O2S/c1-3-2-4(10-7-3)5(8)6-9/h2,9H,1H3,(H,6,8). The summed E-state index contributed by atoms with van der Waals surface area (Å²) in [5.74, 6) is -0.509. The molecule has 1 heterocycles. The predicted octanol–water partition coefficient (Wildman–Crippen LogP) is 0.571. The van der Waals surface area contributed by atoms with Crippen molar-refractivity contribution in [3.05, 3.63) is 16.6 Å². The smallest absolute Gasteiger partial charge is 0.286 e. The zero-order valence-electron chi connectivity index (χ0n) is 5.29. The molecule has 1 rings (SSSR count). The van der Waals surface area contributed by atoms with Crippen LogP contribution < -0.4 is 5.48 Å². The van der Waals surface area contributed by atoms with Gasteiger partial charge in [0.2, 0.25) is 0 Å². The maximum absolute atomic E-state index is 10.6. The Hall–Kier alpha value is -0.940. The molecule has 10 heavy (non-hydrogen) atoms. The Morgan fingerprint density at radius 1 is 1.90 bits per heavy atom. The number of aromatic nitrogens is 1. The van der Waals surface area contributed by atoms with Gasteiger partial charge in [0.15, 0.2) is 0 Å². The lowest BCUT2D eigenvalue weighted by Gasteiger charge is -1.88. The molecule has 0 aliphatic carbocycles. The number of hydrogen-bond donors (Lipinski definition) is 2. The molecule has 0 bridgehead atoms. The van der Waals surface area contributed by atoms with E-state index in [0.717, 1.165) is 17.2 Å². The molecule has 54 valence electrons. The van der Waals surface area contributed by atoms with Crippen LogP contribution in [0.5, 0.6) is 0 Å². The Bertz CT molecular complexity index is 246. The highest BCUT2D eigenvalue weighted by Gasteiger charge is 2.06. The number of aryl methyl sites for hydroxylation is 1. The molecule has 0 aliphatic heterocycles. The first-order valence-electron chi connectivity index (χ1n) is 2.62. The quantitative estimate of drug-likeness (QED) is 0.464. The summed E-state index contributed by atoms with van der Waals surface area (Å²) in [5, 5.41) is 8.18. The van der Waals surface area contributed by atoms with E-state index in [4.69, 9.17) is 5.21 Å². The van der Waals surface area contributed by atoms with Gasteiger partial charge in [-0.05, 0) is 24.5 Å². The zero-order valence-corrected chi connectivity index (χ0v) is 6.10. The SMILES string of the molecule is Cc1cc(C(=O)NO)sn1. The van der Waals surface area contributed by atoms with Crippen molar-refractivity contribution in [3.63, 3.8) is 0 Å². The third kappa shape index (κ3) is 1.31. The Morgan fingerprint density at radius 2 is 2.60 bits per heavy atom. The van der Waals surface area contributed by atoms with Crippen molar-refractivity contribution in [2.75, 3.05) is 0 Å². The highest BCUT2D eigenvalue weighted by Crippen LogP contribution is 2.07. The molecule has 0 unspecified atom stereocenters. The second kappa shape index (κ2) is 2.76. The molecule has 0 saturated heterocycles. The van der Waals surface area contributed by atoms with Crippen molar-refractivity contribution in [1.82, 2.24) is 9.85 Å². The molecule has 4 nitrogen and oxygen atoms in total. The van der Waals surface area contributed by atoms with Gasteiger partial charge < -0.3 is 0 Å². The fraction of sp³-hybridized carbons (Fsp3) is 0.200. The van der Waals surface area contributed by atoms with Gasteiger partial charge in [0.25, 0.3) is 5.91 Å². The van der Waals surface area contributed by atoms with E-state index in [9.17, 15) is 4.79 Å². The first-order chi connectivity index (χ1) is 4.74. The van der Waals surface area contributed by atoms with Crippen molar-refractivity contribution in [2.45, 2.75) is 6.92 Å². The maximum atomic E-state index is 10.6. The van der Waals surface area contributed by atoms with Crippen LogP contribution in [0.4, 0.5) is 0 Å². The number of hydroxylamine groups is 1. The lowest BCUT2D eigenvalue weighted by Crippen LogP contribution is -2.16. The van der Waals surface area contributed by atoms with Crippen molar-refractivity contribution in [3.8, 4) is 0 Å². The largest absolute Gasteiger partial charge is 0.288 e. The number of amides is 1. The maximum Gasteiger partial charge on any atom is 0.286 e. The third-order valence-electron chi connectivity index (χ3n) is 0.953. The monoisotopic (exact) mass is 158 g/mol. The van der Waals surface area contributed by atoms with Gasteiger partial charge in [-0.3, -0.25) is 10.0 Å². The lowest BCUT2D eigenvalue weighted by atomic mass is 10.4. The van der Waals surface area contributed by atoms with E-state index < -0.39 is 5.91 Å². The van der Waals surface area contributed by atoms with Crippen LogP contribution in [0.1, 0.15) is 15.4 Å². The molecular formula is C5H6N2O2S. The van der Waals surface area contributed by atoms with Gasteiger partial charge in [-0.2, -0.15) is 4.37 Å². The van der Waals surface area contributed by atoms with Crippen LogP contribution in [0, 0.1) is 6.92 Å². The van der Waals surface area contributed by atoms with Crippen molar-refractivity contribution >= 4 is 17.4 Å². The van der Waals surface area contributed by atoms with Gasteiger partial charge in [0, 0.05) is 0 Å². The molecule has 5 heteroatoms. The molecule has 0 saturated carbocycles. The minimum absolute atomic E-state index is 0.417. The van der Waals surface area contributed by atoms with Crippen LogP contribution in [-0.4, -0.2) is 15.5 Å². The number of carbonyl (C=O) groups excluding carboxylic acids is 1. The van der Waals surface area contributed by atoms with Crippen LogP contribution in [0.15, 0.2) is 6.07 Å². The normalized spacial score (nSPS) is 9.40. The average molecular weight is 158 g/mol. The highest BCUT2D eigenvalue weighted by molar-refractivity contribution is 7.08. The van der Waals surface area contributed by atoms with Gasteiger partial charge in [0.1, 0.15) is 4.88 Å². The van der Waals surface area contributed by atoms with E-state index in [-0.39, 0.29) is 0 Å². The summed E-state index contributed by atoms with van der Waals surface area (Å²) in [6, 6.07) is 1.61. The number of hydrogen-bond acceptors (Lipinski definition) is 4. The highest BCUT2D eigenvalue weighted by atomic mass is 32.1. The minimum atomic E-state index is -0.509. The van der Waals surface area contributed by atoms with E-state index in [0.29, 0.717) is 4.88 Å². The van der Waals surface area contributed by atoms with E-state index >= 15 is 0 Å². The Balaban J connectivity index is 2.85.